The highest BCUT2D eigenvalue weighted by atomic mass is 32.1. The third-order valence-electron chi connectivity index (χ3n) is 3.36. The number of rotatable bonds is 8. The molecule has 3 aromatic rings. The fraction of sp³-hybridized carbons (Fsp3) is 0.235. The first-order valence-corrected chi connectivity index (χ1v) is 9.43. The van der Waals surface area contributed by atoms with Crippen molar-refractivity contribution >= 4 is 28.6 Å². The molecule has 3 rings (SSSR count). The Bertz CT molecular complexity index is 756. The van der Waals surface area contributed by atoms with Crippen LogP contribution in [0.1, 0.15) is 26.1 Å². The van der Waals surface area contributed by atoms with Gasteiger partial charge in [0.15, 0.2) is 0 Å². The van der Waals surface area contributed by atoms with Crippen molar-refractivity contribution in [3.05, 3.63) is 68.6 Å². The third kappa shape index (κ3) is 4.95. The summed E-state index contributed by atoms with van der Waals surface area (Å²) in [5.41, 5.74) is 1.57. The summed E-state index contributed by atoms with van der Waals surface area (Å²) in [7, 11) is 0. The first-order chi connectivity index (χ1) is 11.8. The van der Waals surface area contributed by atoms with Gasteiger partial charge in [0.25, 0.3) is 5.91 Å². The van der Waals surface area contributed by atoms with Crippen LogP contribution in [0.5, 0.6) is 0 Å². The number of carbonyl (C=O) groups excluding carboxylic acids is 1. The lowest BCUT2D eigenvalue weighted by molar-refractivity contribution is 0.0946. The molecule has 0 aliphatic heterocycles. The molecular weight excluding hydrogens is 340 g/mol. The van der Waals surface area contributed by atoms with Gasteiger partial charge in [0.2, 0.25) is 0 Å². The minimum atomic E-state index is -0.128. The van der Waals surface area contributed by atoms with Crippen LogP contribution in [0.4, 0.5) is 0 Å². The second-order valence-corrected chi connectivity index (χ2v) is 7.07. The number of thiazole rings is 2. The van der Waals surface area contributed by atoms with Crippen molar-refractivity contribution in [2.75, 3.05) is 6.54 Å². The second-order valence-electron chi connectivity index (χ2n) is 5.15. The molecule has 1 aromatic carbocycles. The molecule has 0 bridgehead atoms. The van der Waals surface area contributed by atoms with Crippen LogP contribution in [0.2, 0.25) is 0 Å². The molecule has 0 radical (unpaired) electrons. The summed E-state index contributed by atoms with van der Waals surface area (Å²) in [5, 5.41) is 12.1. The van der Waals surface area contributed by atoms with Gasteiger partial charge in [-0.2, -0.15) is 0 Å². The van der Waals surface area contributed by atoms with Crippen molar-refractivity contribution < 1.29 is 4.79 Å². The Labute approximate surface area is 148 Å². The number of hydrogen-bond donors (Lipinski definition) is 2. The van der Waals surface area contributed by atoms with E-state index in [0.29, 0.717) is 12.2 Å². The van der Waals surface area contributed by atoms with Crippen LogP contribution in [-0.2, 0) is 19.5 Å². The smallest absolute Gasteiger partial charge is 0.271 e. The van der Waals surface area contributed by atoms with Crippen molar-refractivity contribution in [1.29, 1.82) is 0 Å². The van der Waals surface area contributed by atoms with Gasteiger partial charge in [-0.05, 0) is 5.56 Å². The monoisotopic (exact) mass is 358 g/mol. The highest BCUT2D eigenvalue weighted by Crippen LogP contribution is 2.11. The number of benzene rings is 1. The number of nitrogens with zero attached hydrogens (tertiary/aromatic N) is 2. The Morgan fingerprint density at radius 1 is 1.08 bits per heavy atom. The molecule has 2 heterocycles. The SMILES string of the molecule is O=C(NCc1ccccc1)c1csc(CCNCc2nccs2)n1. The predicted octanol–water partition coefficient (Wildman–Crippen LogP) is 2.86. The first-order valence-electron chi connectivity index (χ1n) is 7.67. The van der Waals surface area contributed by atoms with Gasteiger partial charge in [-0.15, -0.1) is 22.7 Å². The number of carbonyl (C=O) groups is 1. The van der Waals surface area contributed by atoms with Crippen molar-refractivity contribution in [3.63, 3.8) is 0 Å². The minimum absolute atomic E-state index is 0.128. The number of nitrogens with one attached hydrogen (secondary N) is 2. The summed E-state index contributed by atoms with van der Waals surface area (Å²) in [6.07, 6.45) is 2.62. The van der Waals surface area contributed by atoms with E-state index in [-0.39, 0.29) is 5.91 Å². The van der Waals surface area contributed by atoms with Crippen LogP contribution in [0.15, 0.2) is 47.3 Å². The summed E-state index contributed by atoms with van der Waals surface area (Å²) in [6, 6.07) is 9.85. The van der Waals surface area contributed by atoms with Crippen LogP contribution in [0, 0.1) is 0 Å². The zero-order chi connectivity index (χ0) is 16.6. The van der Waals surface area contributed by atoms with Gasteiger partial charge in [-0.25, -0.2) is 9.97 Å². The average Bonchev–Trinajstić information content (AvgIpc) is 3.29. The average molecular weight is 358 g/mol. The van der Waals surface area contributed by atoms with Crippen molar-refractivity contribution in [2.45, 2.75) is 19.5 Å². The van der Waals surface area contributed by atoms with Crippen LogP contribution in [0.3, 0.4) is 0 Å². The molecule has 124 valence electrons. The number of aromatic nitrogens is 2. The standard InChI is InChI=1S/C17H18N4OS2/c22-17(20-10-13-4-2-1-3-5-13)14-12-24-15(21-14)6-7-18-11-16-19-8-9-23-16/h1-5,8-9,12,18H,6-7,10-11H2,(H,20,22). The van der Waals surface area contributed by atoms with E-state index in [0.717, 1.165) is 35.1 Å². The summed E-state index contributed by atoms with van der Waals surface area (Å²) >= 11 is 3.16. The molecule has 7 heteroatoms. The van der Waals surface area contributed by atoms with Gasteiger partial charge in [0.05, 0.1) is 5.01 Å². The van der Waals surface area contributed by atoms with Gasteiger partial charge in [-0.1, -0.05) is 30.3 Å². The molecule has 0 unspecified atom stereocenters. The van der Waals surface area contributed by atoms with E-state index < -0.39 is 0 Å². The van der Waals surface area contributed by atoms with Gasteiger partial charge < -0.3 is 10.6 Å². The van der Waals surface area contributed by atoms with E-state index in [1.807, 2.05) is 47.3 Å². The van der Waals surface area contributed by atoms with E-state index in [1.165, 1.54) is 11.3 Å². The molecule has 0 aliphatic carbocycles. The van der Waals surface area contributed by atoms with E-state index >= 15 is 0 Å². The largest absolute Gasteiger partial charge is 0.347 e. The Morgan fingerprint density at radius 2 is 1.96 bits per heavy atom. The Hall–Kier alpha value is -2.09. The lowest BCUT2D eigenvalue weighted by atomic mass is 10.2. The molecule has 5 nitrogen and oxygen atoms in total. The zero-order valence-corrected chi connectivity index (χ0v) is 14.7. The van der Waals surface area contributed by atoms with Gasteiger partial charge in [-0.3, -0.25) is 4.79 Å². The zero-order valence-electron chi connectivity index (χ0n) is 13.1. The molecule has 24 heavy (non-hydrogen) atoms. The van der Waals surface area contributed by atoms with Crippen molar-refractivity contribution in [1.82, 2.24) is 20.6 Å². The number of amides is 1. The topological polar surface area (TPSA) is 66.9 Å². The predicted molar refractivity (Wildman–Crippen MR) is 97.3 cm³/mol. The minimum Gasteiger partial charge on any atom is -0.347 e. The van der Waals surface area contributed by atoms with Crippen LogP contribution < -0.4 is 10.6 Å². The van der Waals surface area contributed by atoms with E-state index in [4.69, 9.17) is 0 Å². The first kappa shape index (κ1) is 16.8. The molecule has 0 saturated heterocycles. The molecule has 0 aliphatic rings. The van der Waals surface area contributed by atoms with E-state index in [2.05, 4.69) is 20.6 Å². The maximum Gasteiger partial charge on any atom is 0.271 e. The van der Waals surface area contributed by atoms with Gasteiger partial charge in [0, 0.05) is 43.0 Å². The third-order valence-corrected chi connectivity index (χ3v) is 5.04. The molecule has 2 N–H and O–H groups in total. The quantitative estimate of drug-likeness (QED) is 0.608. The molecule has 0 saturated carbocycles. The van der Waals surface area contributed by atoms with Crippen LogP contribution in [0.25, 0.3) is 0 Å². The Morgan fingerprint density at radius 3 is 2.75 bits per heavy atom. The summed E-state index contributed by atoms with van der Waals surface area (Å²) in [4.78, 5) is 20.8. The van der Waals surface area contributed by atoms with E-state index in [1.54, 1.807) is 11.3 Å². The number of hydrogen-bond acceptors (Lipinski definition) is 6. The Balaban J connectivity index is 1.41. The summed E-state index contributed by atoms with van der Waals surface area (Å²) in [6.45, 7) is 2.10. The van der Waals surface area contributed by atoms with Crippen LogP contribution >= 0.6 is 22.7 Å². The highest BCUT2D eigenvalue weighted by molar-refractivity contribution is 7.10. The van der Waals surface area contributed by atoms with Crippen molar-refractivity contribution in [3.8, 4) is 0 Å². The molecule has 0 spiro atoms. The second kappa shape index (κ2) is 8.68. The van der Waals surface area contributed by atoms with Crippen molar-refractivity contribution in [2.24, 2.45) is 0 Å². The maximum absolute atomic E-state index is 12.1. The normalized spacial score (nSPS) is 10.7. The molecule has 0 fully saturated rings. The Kier molecular flexibility index (Phi) is 6.06. The molecule has 2 aromatic heterocycles. The lowest BCUT2D eigenvalue weighted by Crippen LogP contribution is -2.23. The fourth-order valence-electron chi connectivity index (χ4n) is 2.13. The van der Waals surface area contributed by atoms with Gasteiger partial charge >= 0.3 is 0 Å². The van der Waals surface area contributed by atoms with Crippen LogP contribution in [-0.4, -0.2) is 22.4 Å². The maximum atomic E-state index is 12.1. The van der Waals surface area contributed by atoms with E-state index in [9.17, 15) is 4.79 Å². The molecular formula is C17H18N4OS2. The molecule has 0 atom stereocenters. The highest BCUT2D eigenvalue weighted by Gasteiger charge is 2.10. The summed E-state index contributed by atoms with van der Waals surface area (Å²) < 4.78 is 0. The van der Waals surface area contributed by atoms with Gasteiger partial charge in [0.1, 0.15) is 10.7 Å². The lowest BCUT2D eigenvalue weighted by Gasteiger charge is -2.03. The fourth-order valence-corrected chi connectivity index (χ4v) is 3.49. The summed E-state index contributed by atoms with van der Waals surface area (Å²) in [5.74, 6) is -0.128. The molecule has 1 amide bonds.